The van der Waals surface area contributed by atoms with Gasteiger partial charge in [0.15, 0.2) is 0 Å². The Bertz CT molecular complexity index is 674. The van der Waals surface area contributed by atoms with Crippen LogP contribution in [-0.2, 0) is 16.1 Å². The SMILES string of the molecule is Cl.O=C1CN(C(=O)C2CC23CCNCC3)CCN1Cc1ccc(Cl)cc1. The average Bonchev–Trinajstić information content (AvgIpc) is 3.31. The molecule has 26 heavy (non-hydrogen) atoms. The quantitative estimate of drug-likeness (QED) is 0.851. The summed E-state index contributed by atoms with van der Waals surface area (Å²) in [5, 5.41) is 4.06. The van der Waals surface area contributed by atoms with Gasteiger partial charge in [0.05, 0.1) is 6.54 Å². The van der Waals surface area contributed by atoms with Crippen LogP contribution in [0.1, 0.15) is 24.8 Å². The van der Waals surface area contributed by atoms with Crippen LogP contribution in [0.15, 0.2) is 24.3 Å². The lowest BCUT2D eigenvalue weighted by atomic mass is 9.91. The maximum absolute atomic E-state index is 12.8. The first-order chi connectivity index (χ1) is 12.1. The number of carbonyl (C=O) groups excluding carboxylic acids is 2. The van der Waals surface area contributed by atoms with E-state index in [1.165, 1.54) is 0 Å². The molecule has 1 spiro atoms. The highest BCUT2D eigenvalue weighted by Crippen LogP contribution is 2.59. The van der Waals surface area contributed by atoms with Gasteiger partial charge in [-0.3, -0.25) is 9.59 Å². The highest BCUT2D eigenvalue weighted by atomic mass is 35.5. The summed E-state index contributed by atoms with van der Waals surface area (Å²) in [5.74, 6) is 0.376. The maximum Gasteiger partial charge on any atom is 0.242 e. The topological polar surface area (TPSA) is 52.7 Å². The van der Waals surface area contributed by atoms with Crippen molar-refractivity contribution in [3.8, 4) is 0 Å². The molecular weight excluding hydrogens is 373 g/mol. The number of amides is 2. The van der Waals surface area contributed by atoms with Crippen LogP contribution in [0.5, 0.6) is 0 Å². The van der Waals surface area contributed by atoms with Crippen molar-refractivity contribution in [3.63, 3.8) is 0 Å². The molecule has 1 N–H and O–H groups in total. The molecule has 2 aliphatic heterocycles. The minimum Gasteiger partial charge on any atom is -0.335 e. The Morgan fingerprint density at radius 3 is 2.54 bits per heavy atom. The van der Waals surface area contributed by atoms with Crippen LogP contribution in [0, 0.1) is 11.3 Å². The number of hydrogen-bond donors (Lipinski definition) is 1. The molecule has 1 saturated carbocycles. The number of hydrogen-bond acceptors (Lipinski definition) is 3. The van der Waals surface area contributed by atoms with Gasteiger partial charge in [-0.15, -0.1) is 12.4 Å². The Hall–Kier alpha value is -1.30. The van der Waals surface area contributed by atoms with Crippen molar-refractivity contribution < 1.29 is 9.59 Å². The van der Waals surface area contributed by atoms with E-state index >= 15 is 0 Å². The Morgan fingerprint density at radius 1 is 1.19 bits per heavy atom. The molecule has 1 atom stereocenters. The van der Waals surface area contributed by atoms with E-state index in [1.807, 2.05) is 29.2 Å². The minimum absolute atomic E-state index is 0. The fraction of sp³-hybridized carbons (Fsp3) is 0.579. The summed E-state index contributed by atoms with van der Waals surface area (Å²) >= 11 is 5.91. The summed E-state index contributed by atoms with van der Waals surface area (Å²) in [6.45, 7) is 4.07. The summed E-state index contributed by atoms with van der Waals surface area (Å²) in [7, 11) is 0. The molecule has 7 heteroatoms. The summed E-state index contributed by atoms with van der Waals surface area (Å²) in [6, 6.07) is 7.57. The van der Waals surface area contributed by atoms with Crippen LogP contribution in [0.3, 0.4) is 0 Å². The number of rotatable bonds is 3. The second-order valence-corrected chi connectivity index (χ2v) is 8.01. The second kappa shape index (κ2) is 7.75. The first-order valence-corrected chi connectivity index (χ1v) is 9.47. The van der Waals surface area contributed by atoms with Gasteiger partial charge in [-0.1, -0.05) is 23.7 Å². The summed E-state index contributed by atoms with van der Waals surface area (Å²) < 4.78 is 0. The number of nitrogens with one attached hydrogen (secondary N) is 1. The van der Waals surface area contributed by atoms with Gasteiger partial charge in [0.25, 0.3) is 0 Å². The third-order valence-corrected chi connectivity index (χ3v) is 6.26. The first-order valence-electron chi connectivity index (χ1n) is 9.09. The zero-order chi connectivity index (χ0) is 17.4. The van der Waals surface area contributed by atoms with Gasteiger partial charge in [0, 0.05) is 30.6 Å². The zero-order valence-electron chi connectivity index (χ0n) is 14.7. The van der Waals surface area contributed by atoms with Crippen LogP contribution in [0.2, 0.25) is 5.02 Å². The van der Waals surface area contributed by atoms with E-state index < -0.39 is 0 Å². The lowest BCUT2D eigenvalue weighted by Gasteiger charge is -2.35. The summed E-state index contributed by atoms with van der Waals surface area (Å²) in [6.07, 6.45) is 3.19. The second-order valence-electron chi connectivity index (χ2n) is 7.57. The third-order valence-electron chi connectivity index (χ3n) is 6.00. The monoisotopic (exact) mass is 397 g/mol. The van der Waals surface area contributed by atoms with Gasteiger partial charge in [0.1, 0.15) is 0 Å². The van der Waals surface area contributed by atoms with E-state index in [1.54, 1.807) is 4.90 Å². The van der Waals surface area contributed by atoms with Crippen LogP contribution in [0.25, 0.3) is 0 Å². The number of halogens is 2. The molecule has 5 nitrogen and oxygen atoms in total. The largest absolute Gasteiger partial charge is 0.335 e. The van der Waals surface area contributed by atoms with Gasteiger partial charge >= 0.3 is 0 Å². The van der Waals surface area contributed by atoms with Crippen molar-refractivity contribution in [3.05, 3.63) is 34.9 Å². The van der Waals surface area contributed by atoms with E-state index in [9.17, 15) is 9.59 Å². The van der Waals surface area contributed by atoms with Crippen LogP contribution in [-0.4, -0.2) is 54.3 Å². The number of nitrogens with zero attached hydrogens (tertiary/aromatic N) is 2. The Labute approximate surface area is 165 Å². The van der Waals surface area contributed by atoms with Crippen molar-refractivity contribution in [1.82, 2.24) is 15.1 Å². The van der Waals surface area contributed by atoms with E-state index in [0.717, 1.165) is 37.9 Å². The number of carbonyl (C=O) groups is 2. The normalized spacial score (nSPS) is 24.3. The van der Waals surface area contributed by atoms with Crippen LogP contribution in [0.4, 0.5) is 0 Å². The van der Waals surface area contributed by atoms with Crippen molar-refractivity contribution in [2.24, 2.45) is 11.3 Å². The van der Waals surface area contributed by atoms with E-state index in [0.29, 0.717) is 24.7 Å². The molecule has 142 valence electrons. The maximum atomic E-state index is 12.8. The average molecular weight is 398 g/mol. The zero-order valence-corrected chi connectivity index (χ0v) is 16.3. The fourth-order valence-electron chi connectivity index (χ4n) is 4.27. The van der Waals surface area contributed by atoms with Gasteiger partial charge in [0.2, 0.25) is 11.8 Å². The third kappa shape index (κ3) is 3.85. The van der Waals surface area contributed by atoms with Crippen molar-refractivity contribution in [2.75, 3.05) is 32.7 Å². The predicted octanol–water partition coefficient (Wildman–Crippen LogP) is 2.32. The Balaban J connectivity index is 0.00000196. The molecule has 0 bridgehead atoms. The highest BCUT2D eigenvalue weighted by Gasteiger charge is 2.58. The minimum atomic E-state index is 0. The molecule has 1 unspecified atom stereocenters. The van der Waals surface area contributed by atoms with Crippen molar-refractivity contribution in [1.29, 1.82) is 0 Å². The molecule has 2 saturated heterocycles. The lowest BCUT2D eigenvalue weighted by molar-refractivity contribution is -0.147. The first kappa shape index (κ1) is 19.5. The lowest BCUT2D eigenvalue weighted by Crippen LogP contribution is -2.52. The molecule has 1 aromatic carbocycles. The van der Waals surface area contributed by atoms with Crippen LogP contribution < -0.4 is 5.32 Å². The van der Waals surface area contributed by atoms with E-state index in [-0.39, 0.29) is 42.1 Å². The Kier molecular flexibility index (Phi) is 5.80. The molecule has 2 amide bonds. The standard InChI is InChI=1S/C19H24ClN3O2.ClH/c20-15-3-1-14(2-4-15)12-22-9-10-23(13-17(22)24)18(25)16-11-19(16)5-7-21-8-6-19;/h1-4,16,21H,5-13H2;1H. The number of piperazine rings is 1. The molecule has 0 aromatic heterocycles. The number of piperidine rings is 1. The van der Waals surface area contributed by atoms with E-state index in [2.05, 4.69) is 5.32 Å². The predicted molar refractivity (Wildman–Crippen MR) is 103 cm³/mol. The number of benzene rings is 1. The fourth-order valence-corrected chi connectivity index (χ4v) is 4.39. The van der Waals surface area contributed by atoms with Gasteiger partial charge in [-0.25, -0.2) is 0 Å². The van der Waals surface area contributed by atoms with Gasteiger partial charge in [-0.05, 0) is 55.5 Å². The molecule has 1 aromatic rings. The smallest absolute Gasteiger partial charge is 0.242 e. The molecular formula is C19H25Cl2N3O2. The van der Waals surface area contributed by atoms with Crippen molar-refractivity contribution >= 4 is 35.8 Å². The Morgan fingerprint density at radius 2 is 1.88 bits per heavy atom. The molecule has 0 radical (unpaired) electrons. The molecule has 2 heterocycles. The molecule has 4 rings (SSSR count). The summed E-state index contributed by atoms with van der Waals surface area (Å²) in [5.41, 5.74) is 1.29. The molecule has 3 aliphatic rings. The van der Waals surface area contributed by atoms with E-state index in [4.69, 9.17) is 11.6 Å². The summed E-state index contributed by atoms with van der Waals surface area (Å²) in [4.78, 5) is 28.9. The highest BCUT2D eigenvalue weighted by molar-refractivity contribution is 6.30. The van der Waals surface area contributed by atoms with Crippen LogP contribution >= 0.6 is 24.0 Å². The molecule has 3 fully saturated rings. The van der Waals surface area contributed by atoms with Gasteiger partial charge in [-0.2, -0.15) is 0 Å². The molecule has 1 aliphatic carbocycles. The van der Waals surface area contributed by atoms with Gasteiger partial charge < -0.3 is 15.1 Å². The van der Waals surface area contributed by atoms with Crippen molar-refractivity contribution in [2.45, 2.75) is 25.8 Å².